The maximum atomic E-state index is 12.4. The van der Waals surface area contributed by atoms with Crippen molar-refractivity contribution in [3.63, 3.8) is 0 Å². The van der Waals surface area contributed by atoms with Gasteiger partial charge in [-0.05, 0) is 36.8 Å². The number of carbonyl (C=O) groups is 2. The number of rotatable bonds is 2. The fraction of sp³-hybridized carbons (Fsp3) is 0.0625. The molecule has 0 unspecified atom stereocenters. The molecule has 0 saturated heterocycles. The van der Waals surface area contributed by atoms with E-state index >= 15 is 0 Å². The molecule has 0 fully saturated rings. The summed E-state index contributed by atoms with van der Waals surface area (Å²) in [6, 6.07) is 15.7. The number of amides is 2. The highest BCUT2D eigenvalue weighted by Gasteiger charge is 2.21. The van der Waals surface area contributed by atoms with Gasteiger partial charge in [0.1, 0.15) is 0 Å². The Labute approximate surface area is 112 Å². The van der Waals surface area contributed by atoms with Crippen LogP contribution in [0.1, 0.15) is 22.8 Å². The minimum atomic E-state index is -0.329. The Morgan fingerprint density at radius 3 is 2.05 bits per heavy atom. The zero-order valence-corrected chi connectivity index (χ0v) is 10.7. The minimum absolute atomic E-state index is 0.314. The largest absolute Gasteiger partial charge is 0.274 e. The summed E-state index contributed by atoms with van der Waals surface area (Å²) in [6.45, 7) is 5.15. The SMILES string of the molecule is [CH2]c1ccc(N(C(C)=O)C(=O)c2ccccc2)cc1. The number of carbonyl (C=O) groups excluding carboxylic acids is 2. The molecule has 0 spiro atoms. The van der Waals surface area contributed by atoms with Crippen LogP contribution in [0.5, 0.6) is 0 Å². The Balaban J connectivity index is 2.39. The van der Waals surface area contributed by atoms with E-state index in [1.54, 1.807) is 48.5 Å². The molecule has 0 aromatic heterocycles. The van der Waals surface area contributed by atoms with Crippen LogP contribution in [0.3, 0.4) is 0 Å². The van der Waals surface area contributed by atoms with Gasteiger partial charge in [0.2, 0.25) is 5.91 Å². The quantitative estimate of drug-likeness (QED) is 0.823. The summed E-state index contributed by atoms with van der Waals surface area (Å²) in [7, 11) is 0. The van der Waals surface area contributed by atoms with E-state index in [9.17, 15) is 9.59 Å². The number of anilines is 1. The molecule has 95 valence electrons. The molecular weight excluding hydrogens is 238 g/mol. The van der Waals surface area contributed by atoms with Crippen LogP contribution in [-0.4, -0.2) is 11.8 Å². The summed E-state index contributed by atoms with van der Waals surface area (Å²) in [5, 5.41) is 0. The van der Waals surface area contributed by atoms with Gasteiger partial charge in [0.25, 0.3) is 5.91 Å². The van der Waals surface area contributed by atoms with Crippen LogP contribution in [0.15, 0.2) is 54.6 Å². The van der Waals surface area contributed by atoms with Gasteiger partial charge in [0.05, 0.1) is 5.69 Å². The van der Waals surface area contributed by atoms with Gasteiger partial charge in [-0.2, -0.15) is 0 Å². The molecular formula is C16H14NO2. The Bertz CT molecular complexity index is 588. The summed E-state index contributed by atoms with van der Waals surface area (Å²) in [6.07, 6.45) is 0. The Hall–Kier alpha value is -2.42. The fourth-order valence-electron chi connectivity index (χ4n) is 1.80. The van der Waals surface area contributed by atoms with Crippen LogP contribution < -0.4 is 4.90 Å². The van der Waals surface area contributed by atoms with E-state index in [-0.39, 0.29) is 11.8 Å². The smallest absolute Gasteiger partial charge is 0.265 e. The topological polar surface area (TPSA) is 37.4 Å². The average molecular weight is 252 g/mol. The number of benzene rings is 2. The standard InChI is InChI=1S/C16H14NO2/c1-12-8-10-15(11-9-12)17(13(2)18)16(19)14-6-4-3-5-7-14/h3-11H,1H2,2H3. The number of hydrogen-bond donors (Lipinski definition) is 0. The van der Waals surface area contributed by atoms with Crippen molar-refractivity contribution in [2.75, 3.05) is 4.90 Å². The van der Waals surface area contributed by atoms with Gasteiger partial charge in [-0.1, -0.05) is 30.3 Å². The van der Waals surface area contributed by atoms with Crippen molar-refractivity contribution in [1.29, 1.82) is 0 Å². The second kappa shape index (κ2) is 5.48. The molecule has 2 amide bonds. The first kappa shape index (κ1) is 13.0. The van der Waals surface area contributed by atoms with Crippen molar-refractivity contribution >= 4 is 17.5 Å². The van der Waals surface area contributed by atoms with Crippen LogP contribution in [0.4, 0.5) is 5.69 Å². The van der Waals surface area contributed by atoms with Crippen LogP contribution in [0, 0.1) is 6.92 Å². The van der Waals surface area contributed by atoms with Gasteiger partial charge in [0, 0.05) is 12.5 Å². The third kappa shape index (κ3) is 2.88. The molecule has 2 aromatic rings. The zero-order chi connectivity index (χ0) is 13.8. The number of imide groups is 1. The average Bonchev–Trinajstić information content (AvgIpc) is 2.42. The monoisotopic (exact) mass is 252 g/mol. The van der Waals surface area contributed by atoms with Crippen LogP contribution in [-0.2, 0) is 4.79 Å². The van der Waals surface area contributed by atoms with E-state index in [1.807, 2.05) is 6.07 Å². The maximum absolute atomic E-state index is 12.4. The van der Waals surface area contributed by atoms with Crippen molar-refractivity contribution < 1.29 is 9.59 Å². The van der Waals surface area contributed by atoms with Gasteiger partial charge < -0.3 is 0 Å². The predicted octanol–water partition coefficient (Wildman–Crippen LogP) is 3.06. The summed E-state index contributed by atoms with van der Waals surface area (Å²) in [5.74, 6) is -0.643. The lowest BCUT2D eigenvalue weighted by Crippen LogP contribution is -2.35. The van der Waals surface area contributed by atoms with Gasteiger partial charge in [0.15, 0.2) is 0 Å². The highest BCUT2D eigenvalue weighted by Crippen LogP contribution is 2.18. The number of hydrogen-bond acceptors (Lipinski definition) is 2. The van der Waals surface area contributed by atoms with Crippen molar-refractivity contribution in [1.82, 2.24) is 0 Å². The van der Waals surface area contributed by atoms with E-state index in [1.165, 1.54) is 6.92 Å². The first-order valence-corrected chi connectivity index (χ1v) is 5.91. The molecule has 1 radical (unpaired) electrons. The Kier molecular flexibility index (Phi) is 3.76. The lowest BCUT2D eigenvalue weighted by atomic mass is 10.1. The second-order valence-corrected chi connectivity index (χ2v) is 4.19. The van der Waals surface area contributed by atoms with Gasteiger partial charge in [-0.15, -0.1) is 0 Å². The molecule has 0 heterocycles. The first-order valence-electron chi connectivity index (χ1n) is 5.91. The van der Waals surface area contributed by atoms with Crippen molar-refractivity contribution in [2.24, 2.45) is 0 Å². The van der Waals surface area contributed by atoms with Gasteiger partial charge >= 0.3 is 0 Å². The zero-order valence-electron chi connectivity index (χ0n) is 10.7. The fourth-order valence-corrected chi connectivity index (χ4v) is 1.80. The molecule has 0 N–H and O–H groups in total. The van der Waals surface area contributed by atoms with E-state index in [4.69, 9.17) is 0 Å². The molecule has 3 heteroatoms. The summed E-state index contributed by atoms with van der Waals surface area (Å²) < 4.78 is 0. The molecule has 0 atom stereocenters. The van der Waals surface area contributed by atoms with E-state index in [0.29, 0.717) is 11.3 Å². The molecule has 0 saturated carbocycles. The van der Waals surface area contributed by atoms with Crippen molar-refractivity contribution in [2.45, 2.75) is 6.92 Å². The van der Waals surface area contributed by atoms with E-state index < -0.39 is 0 Å². The van der Waals surface area contributed by atoms with E-state index in [0.717, 1.165) is 10.5 Å². The summed E-state index contributed by atoms with van der Waals surface area (Å²) in [5.41, 5.74) is 1.87. The molecule has 0 aliphatic rings. The summed E-state index contributed by atoms with van der Waals surface area (Å²) >= 11 is 0. The first-order chi connectivity index (χ1) is 9.09. The van der Waals surface area contributed by atoms with Crippen LogP contribution in [0.2, 0.25) is 0 Å². The second-order valence-electron chi connectivity index (χ2n) is 4.19. The molecule has 0 bridgehead atoms. The van der Waals surface area contributed by atoms with Gasteiger partial charge in [-0.3, -0.25) is 9.59 Å². The number of nitrogens with zero attached hydrogens (tertiary/aromatic N) is 1. The Morgan fingerprint density at radius 1 is 0.947 bits per heavy atom. The van der Waals surface area contributed by atoms with Crippen molar-refractivity contribution in [3.05, 3.63) is 72.6 Å². The molecule has 0 aliphatic carbocycles. The predicted molar refractivity (Wildman–Crippen MR) is 74.8 cm³/mol. The van der Waals surface area contributed by atoms with Crippen molar-refractivity contribution in [3.8, 4) is 0 Å². The summed E-state index contributed by atoms with van der Waals surface area (Å²) in [4.78, 5) is 25.3. The molecule has 19 heavy (non-hydrogen) atoms. The molecule has 3 nitrogen and oxygen atoms in total. The third-order valence-corrected chi connectivity index (χ3v) is 2.73. The highest BCUT2D eigenvalue weighted by atomic mass is 16.2. The Morgan fingerprint density at radius 2 is 1.53 bits per heavy atom. The minimum Gasteiger partial charge on any atom is -0.274 e. The van der Waals surface area contributed by atoms with Crippen LogP contribution >= 0.6 is 0 Å². The lowest BCUT2D eigenvalue weighted by Gasteiger charge is -2.19. The third-order valence-electron chi connectivity index (χ3n) is 2.73. The van der Waals surface area contributed by atoms with E-state index in [2.05, 4.69) is 6.92 Å². The maximum Gasteiger partial charge on any atom is 0.265 e. The molecule has 2 rings (SSSR count). The van der Waals surface area contributed by atoms with Crippen LogP contribution in [0.25, 0.3) is 0 Å². The van der Waals surface area contributed by atoms with Gasteiger partial charge in [-0.25, -0.2) is 4.90 Å². The molecule has 2 aromatic carbocycles. The molecule has 0 aliphatic heterocycles. The normalized spacial score (nSPS) is 10.0. The lowest BCUT2D eigenvalue weighted by molar-refractivity contribution is -0.115. The highest BCUT2D eigenvalue weighted by molar-refractivity contribution is 6.20.